The van der Waals surface area contributed by atoms with Gasteiger partial charge in [0.1, 0.15) is 5.54 Å². The molecule has 4 nitrogen and oxygen atoms in total. The Morgan fingerprint density at radius 1 is 1.53 bits per heavy atom. The van der Waals surface area contributed by atoms with Crippen LogP contribution in [-0.4, -0.2) is 47.3 Å². The number of carboxylic acids is 1. The Bertz CT molecular complexity index is 294. The second-order valence-electron chi connectivity index (χ2n) is 5.03. The summed E-state index contributed by atoms with van der Waals surface area (Å²) in [4.78, 5) is 13.7. The van der Waals surface area contributed by atoms with E-state index in [-0.39, 0.29) is 0 Å². The summed E-state index contributed by atoms with van der Waals surface area (Å²) < 4.78 is 5.45. The van der Waals surface area contributed by atoms with Crippen LogP contribution in [0.15, 0.2) is 0 Å². The Hall–Kier alpha value is -0.610. The van der Waals surface area contributed by atoms with E-state index in [1.165, 1.54) is 0 Å². The Labute approximate surface area is 89.2 Å². The Morgan fingerprint density at radius 2 is 2.40 bits per heavy atom. The molecule has 15 heavy (non-hydrogen) atoms. The fourth-order valence-corrected chi connectivity index (χ4v) is 3.74. The van der Waals surface area contributed by atoms with E-state index in [0.29, 0.717) is 12.0 Å². The highest BCUT2D eigenvalue weighted by molar-refractivity contribution is 5.80. The maximum absolute atomic E-state index is 11.5. The quantitative estimate of drug-likeness (QED) is 0.694. The number of fused-ring (bicyclic) bond motifs is 3. The number of carboxylic acid groups (broad SMARTS) is 1. The molecule has 0 bridgehead atoms. The van der Waals surface area contributed by atoms with Gasteiger partial charge in [0, 0.05) is 18.6 Å². The standard InChI is InChI=1S/C11H17NO3/c13-10(14)11-3-1-4-12(11)9-2-5-15-7-8(9)6-11/h8-9H,1-7H2,(H,13,14)/t8-,9+,11-/m1/s1. The van der Waals surface area contributed by atoms with Crippen molar-refractivity contribution in [1.82, 2.24) is 4.90 Å². The number of hydrogen-bond donors (Lipinski definition) is 1. The van der Waals surface area contributed by atoms with Crippen molar-refractivity contribution in [3.05, 3.63) is 0 Å². The lowest BCUT2D eigenvalue weighted by Gasteiger charge is -2.33. The van der Waals surface area contributed by atoms with Crippen LogP contribution in [-0.2, 0) is 9.53 Å². The van der Waals surface area contributed by atoms with Crippen LogP contribution in [0.3, 0.4) is 0 Å². The van der Waals surface area contributed by atoms with E-state index < -0.39 is 11.5 Å². The fraction of sp³-hybridized carbons (Fsp3) is 0.909. The summed E-state index contributed by atoms with van der Waals surface area (Å²) in [6, 6.07) is 0.470. The van der Waals surface area contributed by atoms with Gasteiger partial charge in [0.05, 0.1) is 6.61 Å². The predicted octanol–water partition coefficient (Wildman–Crippen LogP) is 0.714. The number of nitrogens with zero attached hydrogens (tertiary/aromatic N) is 1. The van der Waals surface area contributed by atoms with Gasteiger partial charge in [-0.2, -0.15) is 0 Å². The second kappa shape index (κ2) is 3.19. The molecule has 0 aromatic rings. The molecule has 3 saturated heterocycles. The zero-order chi connectivity index (χ0) is 10.5. The molecular formula is C11H17NO3. The summed E-state index contributed by atoms with van der Waals surface area (Å²) in [5.41, 5.74) is -0.539. The number of hydrogen-bond acceptors (Lipinski definition) is 3. The first-order chi connectivity index (χ1) is 7.24. The summed E-state index contributed by atoms with van der Waals surface area (Å²) in [5.74, 6) is -0.162. The minimum atomic E-state index is -0.616. The minimum absolute atomic E-state index is 0.454. The highest BCUT2D eigenvalue weighted by atomic mass is 16.5. The molecular weight excluding hydrogens is 194 g/mol. The molecule has 0 unspecified atom stereocenters. The largest absolute Gasteiger partial charge is 0.480 e. The van der Waals surface area contributed by atoms with Gasteiger partial charge in [0.2, 0.25) is 0 Å². The number of carbonyl (C=O) groups is 1. The minimum Gasteiger partial charge on any atom is -0.480 e. The van der Waals surface area contributed by atoms with E-state index >= 15 is 0 Å². The van der Waals surface area contributed by atoms with Crippen molar-refractivity contribution in [2.75, 3.05) is 19.8 Å². The third-order valence-corrected chi connectivity index (χ3v) is 4.37. The van der Waals surface area contributed by atoms with Gasteiger partial charge >= 0.3 is 5.97 Å². The van der Waals surface area contributed by atoms with Crippen LogP contribution in [0.2, 0.25) is 0 Å². The zero-order valence-corrected chi connectivity index (χ0v) is 8.82. The normalized spacial score (nSPS) is 45.1. The van der Waals surface area contributed by atoms with E-state index in [9.17, 15) is 9.90 Å². The molecule has 1 N–H and O–H groups in total. The first-order valence-corrected chi connectivity index (χ1v) is 5.82. The Balaban J connectivity index is 1.92. The third-order valence-electron chi connectivity index (χ3n) is 4.37. The molecule has 0 radical (unpaired) electrons. The van der Waals surface area contributed by atoms with Crippen LogP contribution in [0, 0.1) is 5.92 Å². The molecule has 3 atom stereocenters. The zero-order valence-electron chi connectivity index (χ0n) is 8.82. The number of rotatable bonds is 1. The lowest BCUT2D eigenvalue weighted by atomic mass is 9.88. The van der Waals surface area contributed by atoms with E-state index in [2.05, 4.69) is 4.90 Å². The maximum atomic E-state index is 11.5. The van der Waals surface area contributed by atoms with E-state index in [1.807, 2.05) is 0 Å². The lowest BCUT2D eigenvalue weighted by Crippen LogP contribution is -2.49. The fourth-order valence-electron chi connectivity index (χ4n) is 3.74. The van der Waals surface area contributed by atoms with E-state index in [1.54, 1.807) is 0 Å². The summed E-state index contributed by atoms with van der Waals surface area (Å²) in [6.07, 6.45) is 3.68. The first-order valence-electron chi connectivity index (χ1n) is 5.82. The Kier molecular flexibility index (Phi) is 2.04. The van der Waals surface area contributed by atoms with Gasteiger partial charge in [-0.3, -0.25) is 9.69 Å². The number of aliphatic carboxylic acids is 1. The molecule has 3 heterocycles. The third kappa shape index (κ3) is 1.18. The maximum Gasteiger partial charge on any atom is 0.324 e. The van der Waals surface area contributed by atoms with Crippen molar-refractivity contribution in [2.24, 2.45) is 5.92 Å². The SMILES string of the molecule is O=C(O)[C@]12CCCN1[C@H]1CCOC[C@H]1C2. The van der Waals surface area contributed by atoms with Crippen molar-refractivity contribution in [3.63, 3.8) is 0 Å². The molecule has 3 rings (SSSR count). The molecule has 84 valence electrons. The van der Waals surface area contributed by atoms with E-state index in [0.717, 1.165) is 45.4 Å². The Morgan fingerprint density at radius 3 is 3.20 bits per heavy atom. The molecule has 0 aliphatic carbocycles. The van der Waals surface area contributed by atoms with Gasteiger partial charge in [-0.1, -0.05) is 0 Å². The van der Waals surface area contributed by atoms with Gasteiger partial charge in [-0.25, -0.2) is 0 Å². The molecule has 0 aromatic heterocycles. The number of ether oxygens (including phenoxy) is 1. The summed E-state index contributed by atoms with van der Waals surface area (Å²) in [6.45, 7) is 2.52. The average molecular weight is 211 g/mol. The van der Waals surface area contributed by atoms with Crippen LogP contribution in [0.25, 0.3) is 0 Å². The molecule has 0 aromatic carbocycles. The smallest absolute Gasteiger partial charge is 0.324 e. The lowest BCUT2D eigenvalue weighted by molar-refractivity contribution is -0.148. The summed E-state index contributed by atoms with van der Waals surface area (Å²) in [7, 11) is 0. The van der Waals surface area contributed by atoms with Crippen LogP contribution < -0.4 is 0 Å². The van der Waals surface area contributed by atoms with Crippen molar-refractivity contribution in [1.29, 1.82) is 0 Å². The molecule has 4 heteroatoms. The van der Waals surface area contributed by atoms with Crippen molar-refractivity contribution < 1.29 is 14.6 Å². The van der Waals surface area contributed by atoms with E-state index in [4.69, 9.17) is 4.74 Å². The highest BCUT2D eigenvalue weighted by Crippen LogP contribution is 2.47. The van der Waals surface area contributed by atoms with Gasteiger partial charge in [0.25, 0.3) is 0 Å². The van der Waals surface area contributed by atoms with Crippen molar-refractivity contribution >= 4 is 5.97 Å². The second-order valence-corrected chi connectivity index (χ2v) is 5.03. The van der Waals surface area contributed by atoms with Crippen LogP contribution in [0.4, 0.5) is 0 Å². The van der Waals surface area contributed by atoms with Gasteiger partial charge < -0.3 is 9.84 Å². The molecule has 0 saturated carbocycles. The van der Waals surface area contributed by atoms with Gasteiger partial charge in [-0.15, -0.1) is 0 Å². The summed E-state index contributed by atoms with van der Waals surface area (Å²) in [5, 5.41) is 9.44. The van der Waals surface area contributed by atoms with Gasteiger partial charge in [0.15, 0.2) is 0 Å². The van der Waals surface area contributed by atoms with Crippen LogP contribution >= 0.6 is 0 Å². The van der Waals surface area contributed by atoms with Gasteiger partial charge in [-0.05, 0) is 32.2 Å². The van der Waals surface area contributed by atoms with Crippen molar-refractivity contribution in [3.8, 4) is 0 Å². The molecule has 3 aliphatic rings. The molecule has 0 amide bonds. The first kappa shape index (κ1) is 9.60. The van der Waals surface area contributed by atoms with Crippen molar-refractivity contribution in [2.45, 2.75) is 37.3 Å². The monoisotopic (exact) mass is 211 g/mol. The average Bonchev–Trinajstić information content (AvgIpc) is 2.73. The molecule has 0 spiro atoms. The highest BCUT2D eigenvalue weighted by Gasteiger charge is 2.58. The summed E-state index contributed by atoms with van der Waals surface area (Å²) >= 11 is 0. The van der Waals surface area contributed by atoms with Crippen LogP contribution in [0.1, 0.15) is 25.7 Å². The van der Waals surface area contributed by atoms with Crippen LogP contribution in [0.5, 0.6) is 0 Å². The molecule has 3 fully saturated rings. The predicted molar refractivity (Wildman–Crippen MR) is 53.6 cm³/mol. The topological polar surface area (TPSA) is 49.8 Å². The molecule has 3 aliphatic heterocycles.